The molecule has 0 saturated heterocycles. The average Bonchev–Trinajstić information content (AvgIpc) is 2.53. The number of hydrogen-bond donors (Lipinski definition) is 0. The van der Waals surface area contributed by atoms with Gasteiger partial charge in [0.05, 0.1) is 14.2 Å². The molecular weight excluding hydrogens is 258 g/mol. The van der Waals surface area contributed by atoms with E-state index in [-0.39, 0.29) is 11.4 Å². The Labute approximate surface area is 118 Å². The Balaban J connectivity index is 2.38. The van der Waals surface area contributed by atoms with Crippen molar-refractivity contribution >= 4 is 11.9 Å². The molecule has 20 heavy (non-hydrogen) atoms. The Morgan fingerprint density at radius 3 is 1.95 bits per heavy atom. The van der Waals surface area contributed by atoms with Crippen LogP contribution in [0.4, 0.5) is 0 Å². The summed E-state index contributed by atoms with van der Waals surface area (Å²) >= 11 is 0. The molecule has 5 nitrogen and oxygen atoms in total. The maximum absolute atomic E-state index is 11.7. The van der Waals surface area contributed by atoms with Gasteiger partial charge in [0.1, 0.15) is 11.4 Å². The van der Waals surface area contributed by atoms with Crippen LogP contribution < -0.4 is 0 Å². The monoisotopic (exact) mass is 277 g/mol. The third-order valence-electron chi connectivity index (χ3n) is 3.71. The van der Waals surface area contributed by atoms with E-state index in [4.69, 9.17) is 9.47 Å². The number of methoxy groups -OCH3 is 2. The Kier molecular flexibility index (Phi) is 4.71. The van der Waals surface area contributed by atoms with Gasteiger partial charge in [-0.15, -0.1) is 0 Å². The minimum atomic E-state index is -0.534. The number of carbonyl (C=O) groups excluding carboxylic acids is 2. The van der Waals surface area contributed by atoms with Gasteiger partial charge in [0, 0.05) is 0 Å². The topological polar surface area (TPSA) is 65.5 Å². The van der Waals surface area contributed by atoms with Crippen LogP contribution in [0.25, 0.3) is 0 Å². The number of hydrogen-bond acceptors (Lipinski definition) is 5. The summed E-state index contributed by atoms with van der Waals surface area (Å²) in [5.74, 6) is -0.695. The Hall–Kier alpha value is -1.91. The van der Waals surface area contributed by atoms with Gasteiger partial charge in [-0.3, -0.25) is 0 Å². The van der Waals surface area contributed by atoms with E-state index in [1.807, 2.05) is 0 Å². The molecule has 1 aromatic heterocycles. The molecule has 1 aliphatic rings. The summed E-state index contributed by atoms with van der Waals surface area (Å²) in [6, 6.07) is 3.46. The van der Waals surface area contributed by atoms with Gasteiger partial charge in [0.15, 0.2) is 0 Å². The van der Waals surface area contributed by atoms with Crippen LogP contribution in [0.15, 0.2) is 12.1 Å². The summed E-state index contributed by atoms with van der Waals surface area (Å²) in [7, 11) is 2.60. The maximum atomic E-state index is 11.7. The molecule has 0 unspecified atom stereocenters. The van der Waals surface area contributed by atoms with E-state index >= 15 is 0 Å². The van der Waals surface area contributed by atoms with Crippen molar-refractivity contribution in [3.8, 4) is 0 Å². The molecule has 0 atom stereocenters. The first-order valence-electron chi connectivity index (χ1n) is 6.84. The predicted molar refractivity (Wildman–Crippen MR) is 72.7 cm³/mol. The minimum Gasteiger partial charge on any atom is -0.464 e. The molecule has 5 heteroatoms. The highest BCUT2D eigenvalue weighted by atomic mass is 16.5. The van der Waals surface area contributed by atoms with Crippen molar-refractivity contribution in [1.82, 2.24) is 4.98 Å². The lowest BCUT2D eigenvalue weighted by Gasteiger charge is -2.22. The van der Waals surface area contributed by atoms with Gasteiger partial charge < -0.3 is 9.47 Å². The lowest BCUT2D eigenvalue weighted by atomic mass is 9.84. The van der Waals surface area contributed by atoms with E-state index in [9.17, 15) is 9.59 Å². The van der Waals surface area contributed by atoms with E-state index in [0.717, 1.165) is 18.4 Å². The first-order valence-corrected chi connectivity index (χ1v) is 6.84. The summed E-state index contributed by atoms with van der Waals surface area (Å²) in [5.41, 5.74) is 1.30. The van der Waals surface area contributed by atoms with Crippen molar-refractivity contribution in [3.63, 3.8) is 0 Å². The fourth-order valence-electron chi connectivity index (χ4n) is 2.64. The molecule has 0 N–H and O–H groups in total. The van der Waals surface area contributed by atoms with Crippen LogP contribution in [-0.2, 0) is 9.47 Å². The molecule has 0 aliphatic heterocycles. The standard InChI is InChI=1S/C15H19NO4/c1-19-14(17)12-8-11(10-6-4-3-5-7-10)9-13(16-12)15(18)20-2/h8-10H,3-7H2,1-2H3. The fourth-order valence-corrected chi connectivity index (χ4v) is 2.64. The second-order valence-electron chi connectivity index (χ2n) is 4.99. The van der Waals surface area contributed by atoms with Crippen LogP contribution in [0.1, 0.15) is 64.6 Å². The Bertz CT molecular complexity index is 472. The summed E-state index contributed by atoms with van der Waals surface area (Å²) in [6.45, 7) is 0. The zero-order valence-corrected chi connectivity index (χ0v) is 11.8. The van der Waals surface area contributed by atoms with E-state index < -0.39 is 11.9 Å². The second-order valence-corrected chi connectivity index (χ2v) is 4.99. The molecule has 0 radical (unpaired) electrons. The van der Waals surface area contributed by atoms with Crippen LogP contribution in [0.2, 0.25) is 0 Å². The maximum Gasteiger partial charge on any atom is 0.356 e. The molecule has 0 amide bonds. The highest BCUT2D eigenvalue weighted by molar-refractivity contribution is 5.91. The molecular formula is C15H19NO4. The number of ether oxygens (including phenoxy) is 2. The zero-order chi connectivity index (χ0) is 14.5. The van der Waals surface area contributed by atoms with Crippen molar-refractivity contribution in [2.24, 2.45) is 0 Å². The van der Waals surface area contributed by atoms with Crippen molar-refractivity contribution in [1.29, 1.82) is 0 Å². The van der Waals surface area contributed by atoms with Crippen LogP contribution >= 0.6 is 0 Å². The van der Waals surface area contributed by atoms with Gasteiger partial charge in [-0.1, -0.05) is 19.3 Å². The van der Waals surface area contributed by atoms with Gasteiger partial charge in [-0.25, -0.2) is 14.6 Å². The van der Waals surface area contributed by atoms with Crippen LogP contribution in [0.5, 0.6) is 0 Å². The first kappa shape index (κ1) is 14.5. The highest BCUT2D eigenvalue weighted by Crippen LogP contribution is 2.33. The van der Waals surface area contributed by atoms with E-state index in [0.29, 0.717) is 5.92 Å². The molecule has 1 aliphatic carbocycles. The zero-order valence-electron chi connectivity index (χ0n) is 11.8. The third-order valence-corrected chi connectivity index (χ3v) is 3.71. The molecule has 1 aromatic rings. The van der Waals surface area contributed by atoms with Crippen molar-refractivity contribution < 1.29 is 19.1 Å². The fraction of sp³-hybridized carbons (Fsp3) is 0.533. The quantitative estimate of drug-likeness (QED) is 0.795. The van der Waals surface area contributed by atoms with E-state index in [1.54, 1.807) is 12.1 Å². The summed E-state index contributed by atoms with van der Waals surface area (Å²) < 4.78 is 9.39. The van der Waals surface area contributed by atoms with Gasteiger partial charge in [-0.2, -0.15) is 0 Å². The number of pyridine rings is 1. The molecule has 1 saturated carbocycles. The van der Waals surface area contributed by atoms with Gasteiger partial charge in [0.25, 0.3) is 0 Å². The first-order chi connectivity index (χ1) is 9.65. The van der Waals surface area contributed by atoms with Crippen LogP contribution in [0, 0.1) is 0 Å². The van der Waals surface area contributed by atoms with Crippen LogP contribution in [-0.4, -0.2) is 31.1 Å². The smallest absolute Gasteiger partial charge is 0.356 e. The van der Waals surface area contributed by atoms with Crippen molar-refractivity contribution in [2.75, 3.05) is 14.2 Å². The summed E-state index contributed by atoms with van der Waals surface area (Å²) in [4.78, 5) is 27.4. The number of carbonyl (C=O) groups is 2. The molecule has 108 valence electrons. The number of esters is 2. The summed E-state index contributed by atoms with van der Waals surface area (Å²) in [5, 5.41) is 0. The molecule has 2 rings (SSSR count). The van der Waals surface area contributed by atoms with Gasteiger partial charge >= 0.3 is 11.9 Å². The third kappa shape index (κ3) is 3.15. The number of nitrogens with zero attached hydrogens (tertiary/aromatic N) is 1. The summed E-state index contributed by atoms with van der Waals surface area (Å²) in [6.07, 6.45) is 5.74. The Morgan fingerprint density at radius 2 is 1.50 bits per heavy atom. The number of aromatic nitrogens is 1. The highest BCUT2D eigenvalue weighted by Gasteiger charge is 2.21. The van der Waals surface area contributed by atoms with Crippen molar-refractivity contribution in [3.05, 3.63) is 29.1 Å². The van der Waals surface area contributed by atoms with Gasteiger partial charge in [-0.05, 0) is 36.5 Å². The second kappa shape index (κ2) is 6.50. The van der Waals surface area contributed by atoms with E-state index in [2.05, 4.69) is 4.98 Å². The molecule has 0 bridgehead atoms. The van der Waals surface area contributed by atoms with Crippen molar-refractivity contribution in [2.45, 2.75) is 38.0 Å². The molecule has 1 heterocycles. The normalized spacial score (nSPS) is 15.7. The SMILES string of the molecule is COC(=O)c1cc(C2CCCCC2)cc(C(=O)OC)n1. The lowest BCUT2D eigenvalue weighted by Crippen LogP contribution is -2.14. The lowest BCUT2D eigenvalue weighted by molar-refractivity contribution is 0.0585. The molecule has 1 fully saturated rings. The average molecular weight is 277 g/mol. The molecule has 0 spiro atoms. The number of rotatable bonds is 3. The molecule has 0 aromatic carbocycles. The van der Waals surface area contributed by atoms with Crippen LogP contribution in [0.3, 0.4) is 0 Å². The Morgan fingerprint density at radius 1 is 1.00 bits per heavy atom. The van der Waals surface area contributed by atoms with Gasteiger partial charge in [0.2, 0.25) is 0 Å². The largest absolute Gasteiger partial charge is 0.464 e. The minimum absolute atomic E-state index is 0.163. The predicted octanol–water partition coefficient (Wildman–Crippen LogP) is 2.70. The van der Waals surface area contributed by atoms with E-state index in [1.165, 1.54) is 33.5 Å².